The molecule has 2 N–H and O–H groups in total. The van der Waals surface area contributed by atoms with Gasteiger partial charge in [-0.25, -0.2) is 0 Å². The molecular weight excluding hydrogens is 184 g/mol. The molecule has 0 atom stereocenters. The summed E-state index contributed by atoms with van der Waals surface area (Å²) < 4.78 is 0. The summed E-state index contributed by atoms with van der Waals surface area (Å²) in [6, 6.07) is 8.62. The number of nitrogens with one attached hydrogen (secondary N) is 2. The summed E-state index contributed by atoms with van der Waals surface area (Å²) in [5, 5.41) is 0. The maximum Gasteiger partial charge on any atom is 0.0503 e. The Kier molecular flexibility index (Phi) is 1.94. The van der Waals surface area contributed by atoms with E-state index in [0.29, 0.717) is 0 Å². The zero-order valence-electron chi connectivity index (χ0n) is 8.79. The lowest BCUT2D eigenvalue weighted by Crippen LogP contribution is -2.24. The van der Waals surface area contributed by atoms with Gasteiger partial charge in [0.1, 0.15) is 0 Å². The van der Waals surface area contributed by atoms with Crippen molar-refractivity contribution >= 4 is 0 Å². The van der Waals surface area contributed by atoms with Gasteiger partial charge in [0, 0.05) is 23.8 Å². The molecular formula is C13H16N2. The minimum absolute atomic E-state index is 0.229. The first-order valence-corrected chi connectivity index (χ1v) is 5.70. The lowest BCUT2D eigenvalue weighted by atomic mass is 9.79. The fourth-order valence-corrected chi connectivity index (χ4v) is 2.92. The first kappa shape index (κ1) is 8.84. The molecule has 15 heavy (non-hydrogen) atoms. The van der Waals surface area contributed by atoms with Gasteiger partial charge in [0.2, 0.25) is 0 Å². The molecule has 2 aromatic rings. The second kappa shape index (κ2) is 3.30. The molecule has 0 spiro atoms. The van der Waals surface area contributed by atoms with Gasteiger partial charge >= 0.3 is 0 Å². The van der Waals surface area contributed by atoms with Gasteiger partial charge in [-0.05, 0) is 37.1 Å². The molecule has 1 saturated carbocycles. The smallest absolute Gasteiger partial charge is 0.0503 e. The number of hydrogen-bond acceptors (Lipinski definition) is 0. The Morgan fingerprint density at radius 1 is 0.867 bits per heavy atom. The first-order chi connectivity index (χ1) is 7.42. The summed E-state index contributed by atoms with van der Waals surface area (Å²) in [6.07, 6.45) is 9.23. The van der Waals surface area contributed by atoms with Crippen molar-refractivity contribution in [1.82, 2.24) is 9.97 Å². The Morgan fingerprint density at radius 3 is 1.80 bits per heavy atom. The third-order valence-electron chi connectivity index (χ3n) is 3.68. The van der Waals surface area contributed by atoms with E-state index >= 15 is 0 Å². The van der Waals surface area contributed by atoms with Crippen molar-refractivity contribution in [3.05, 3.63) is 48.0 Å². The summed E-state index contributed by atoms with van der Waals surface area (Å²) in [5.41, 5.74) is 2.96. The molecule has 3 rings (SSSR count). The average molecular weight is 200 g/mol. The number of rotatable bonds is 2. The highest BCUT2D eigenvalue weighted by molar-refractivity contribution is 5.33. The monoisotopic (exact) mass is 200 g/mol. The summed E-state index contributed by atoms with van der Waals surface area (Å²) >= 11 is 0. The predicted molar refractivity (Wildman–Crippen MR) is 60.8 cm³/mol. The number of H-pyrrole nitrogens is 2. The van der Waals surface area contributed by atoms with Gasteiger partial charge in [-0.1, -0.05) is 12.8 Å². The SMILES string of the molecule is c1c[nH]c(C2(c3ccc[nH]3)CCCC2)c1. The van der Waals surface area contributed by atoms with Crippen LogP contribution < -0.4 is 0 Å². The van der Waals surface area contributed by atoms with Crippen LogP contribution in [0.2, 0.25) is 0 Å². The van der Waals surface area contributed by atoms with Crippen LogP contribution in [0.25, 0.3) is 0 Å². The van der Waals surface area contributed by atoms with Crippen LogP contribution in [0.5, 0.6) is 0 Å². The number of hydrogen-bond donors (Lipinski definition) is 2. The van der Waals surface area contributed by atoms with Gasteiger partial charge in [-0.2, -0.15) is 0 Å². The topological polar surface area (TPSA) is 31.6 Å². The van der Waals surface area contributed by atoms with Crippen molar-refractivity contribution in [2.24, 2.45) is 0 Å². The Morgan fingerprint density at radius 2 is 1.40 bits per heavy atom. The molecule has 0 radical (unpaired) electrons. The van der Waals surface area contributed by atoms with Crippen LogP contribution in [-0.4, -0.2) is 9.97 Å². The molecule has 1 aliphatic carbocycles. The third-order valence-corrected chi connectivity index (χ3v) is 3.68. The molecule has 2 heterocycles. The number of aromatic amines is 2. The highest BCUT2D eigenvalue weighted by Gasteiger charge is 2.38. The Bertz CT molecular complexity index is 369. The van der Waals surface area contributed by atoms with Gasteiger partial charge in [-0.3, -0.25) is 0 Å². The third kappa shape index (κ3) is 1.24. The van der Waals surface area contributed by atoms with Crippen molar-refractivity contribution in [3.8, 4) is 0 Å². The molecule has 0 unspecified atom stereocenters. The number of aromatic nitrogens is 2. The van der Waals surface area contributed by atoms with Gasteiger partial charge in [0.25, 0.3) is 0 Å². The summed E-state index contributed by atoms with van der Waals surface area (Å²) in [5.74, 6) is 0. The minimum Gasteiger partial charge on any atom is -0.364 e. The van der Waals surface area contributed by atoms with E-state index in [-0.39, 0.29) is 5.41 Å². The molecule has 1 aliphatic rings. The van der Waals surface area contributed by atoms with Crippen molar-refractivity contribution in [3.63, 3.8) is 0 Å². The molecule has 0 aromatic carbocycles. The largest absolute Gasteiger partial charge is 0.364 e. The van der Waals surface area contributed by atoms with Crippen molar-refractivity contribution < 1.29 is 0 Å². The standard InChI is InChI=1S/C13H16N2/c1-2-8-13(7-1,11-5-3-9-14-11)12-6-4-10-15-12/h3-6,9-10,14-15H,1-2,7-8H2. The predicted octanol–water partition coefficient (Wildman–Crippen LogP) is 3.20. The normalized spacial score (nSPS) is 19.5. The van der Waals surface area contributed by atoms with Crippen molar-refractivity contribution in [1.29, 1.82) is 0 Å². The Hall–Kier alpha value is -1.44. The van der Waals surface area contributed by atoms with E-state index in [9.17, 15) is 0 Å². The van der Waals surface area contributed by atoms with Crippen LogP contribution in [0.1, 0.15) is 37.1 Å². The molecule has 1 fully saturated rings. The Balaban J connectivity index is 2.10. The zero-order chi connectivity index (χ0) is 10.1. The van der Waals surface area contributed by atoms with E-state index in [2.05, 4.69) is 34.2 Å². The van der Waals surface area contributed by atoms with E-state index in [4.69, 9.17) is 0 Å². The van der Waals surface area contributed by atoms with Crippen LogP contribution in [0.4, 0.5) is 0 Å². The minimum atomic E-state index is 0.229. The highest BCUT2D eigenvalue weighted by atomic mass is 14.8. The first-order valence-electron chi connectivity index (χ1n) is 5.70. The molecule has 0 aliphatic heterocycles. The van der Waals surface area contributed by atoms with Gasteiger partial charge in [0.15, 0.2) is 0 Å². The fraction of sp³-hybridized carbons (Fsp3) is 0.385. The van der Waals surface area contributed by atoms with E-state index in [1.54, 1.807) is 0 Å². The summed E-state index contributed by atoms with van der Waals surface area (Å²) in [6.45, 7) is 0. The quantitative estimate of drug-likeness (QED) is 0.746. The summed E-state index contributed by atoms with van der Waals surface area (Å²) in [4.78, 5) is 6.78. The zero-order valence-corrected chi connectivity index (χ0v) is 8.79. The molecule has 78 valence electrons. The molecule has 2 heteroatoms. The van der Waals surface area contributed by atoms with Gasteiger partial charge in [0.05, 0.1) is 5.41 Å². The van der Waals surface area contributed by atoms with Crippen LogP contribution in [-0.2, 0) is 5.41 Å². The van der Waals surface area contributed by atoms with Crippen LogP contribution in [0.15, 0.2) is 36.7 Å². The van der Waals surface area contributed by atoms with E-state index in [1.807, 2.05) is 12.4 Å². The molecule has 2 nitrogen and oxygen atoms in total. The van der Waals surface area contributed by atoms with Crippen molar-refractivity contribution in [2.45, 2.75) is 31.1 Å². The van der Waals surface area contributed by atoms with Crippen LogP contribution >= 0.6 is 0 Å². The molecule has 2 aromatic heterocycles. The Labute approximate surface area is 89.7 Å². The van der Waals surface area contributed by atoms with Crippen LogP contribution in [0.3, 0.4) is 0 Å². The molecule has 0 saturated heterocycles. The van der Waals surface area contributed by atoms with E-state index in [1.165, 1.54) is 37.1 Å². The summed E-state index contributed by atoms with van der Waals surface area (Å²) in [7, 11) is 0. The molecule has 0 amide bonds. The lowest BCUT2D eigenvalue weighted by molar-refractivity contribution is 0.508. The highest BCUT2D eigenvalue weighted by Crippen LogP contribution is 2.44. The van der Waals surface area contributed by atoms with Gasteiger partial charge in [-0.15, -0.1) is 0 Å². The van der Waals surface area contributed by atoms with E-state index < -0.39 is 0 Å². The maximum atomic E-state index is 3.39. The van der Waals surface area contributed by atoms with Crippen LogP contribution in [0, 0.1) is 0 Å². The second-order valence-corrected chi connectivity index (χ2v) is 4.46. The van der Waals surface area contributed by atoms with E-state index in [0.717, 1.165) is 0 Å². The van der Waals surface area contributed by atoms with Crippen molar-refractivity contribution in [2.75, 3.05) is 0 Å². The lowest BCUT2D eigenvalue weighted by Gasteiger charge is -2.27. The average Bonchev–Trinajstić information content (AvgIpc) is 3.02. The molecule has 0 bridgehead atoms. The fourth-order valence-electron chi connectivity index (χ4n) is 2.92. The maximum absolute atomic E-state index is 3.39. The van der Waals surface area contributed by atoms with Gasteiger partial charge < -0.3 is 9.97 Å². The second-order valence-electron chi connectivity index (χ2n) is 4.46.